The van der Waals surface area contributed by atoms with E-state index in [2.05, 4.69) is 30.8 Å². The molecule has 120 valence electrons. The first kappa shape index (κ1) is 17.1. The number of nitrogens with zero attached hydrogens (tertiary/aromatic N) is 2. The SMILES string of the molecule is Cc1nc([C@H](C)N(C)Cc2ccc(S(C)(=O)=O)cc2)c(C)s1. The van der Waals surface area contributed by atoms with Crippen LogP contribution >= 0.6 is 11.3 Å². The normalized spacial score (nSPS) is 13.5. The lowest BCUT2D eigenvalue weighted by molar-refractivity contribution is 0.248. The Morgan fingerprint density at radius 3 is 2.27 bits per heavy atom. The molecule has 2 rings (SSSR count). The second-order valence-corrected chi connectivity index (χ2v) is 9.10. The van der Waals surface area contributed by atoms with E-state index >= 15 is 0 Å². The summed E-state index contributed by atoms with van der Waals surface area (Å²) < 4.78 is 23.0. The summed E-state index contributed by atoms with van der Waals surface area (Å²) in [5.74, 6) is 0. The number of sulfone groups is 1. The first-order valence-electron chi connectivity index (χ1n) is 7.11. The molecule has 2 aromatic rings. The maximum Gasteiger partial charge on any atom is 0.175 e. The second kappa shape index (κ2) is 6.48. The van der Waals surface area contributed by atoms with Crippen LogP contribution in [0.15, 0.2) is 29.2 Å². The highest BCUT2D eigenvalue weighted by molar-refractivity contribution is 7.90. The minimum atomic E-state index is -3.13. The van der Waals surface area contributed by atoms with Crippen molar-refractivity contribution in [2.45, 2.75) is 38.3 Å². The van der Waals surface area contributed by atoms with Crippen molar-refractivity contribution in [2.24, 2.45) is 0 Å². The average Bonchev–Trinajstić information content (AvgIpc) is 2.76. The fourth-order valence-corrected chi connectivity index (χ4v) is 3.95. The predicted octanol–water partition coefficient (Wildman–Crippen LogP) is 3.36. The highest BCUT2D eigenvalue weighted by atomic mass is 32.2. The van der Waals surface area contributed by atoms with Crippen LogP contribution in [0.3, 0.4) is 0 Å². The molecule has 1 heterocycles. The van der Waals surface area contributed by atoms with Crippen molar-refractivity contribution in [1.29, 1.82) is 0 Å². The fourth-order valence-electron chi connectivity index (χ4n) is 2.41. The summed E-state index contributed by atoms with van der Waals surface area (Å²) in [6, 6.07) is 7.31. The van der Waals surface area contributed by atoms with E-state index in [4.69, 9.17) is 0 Å². The van der Waals surface area contributed by atoms with Gasteiger partial charge in [0.15, 0.2) is 9.84 Å². The molecule has 0 unspecified atom stereocenters. The molecule has 1 aromatic carbocycles. The van der Waals surface area contributed by atoms with Crippen LogP contribution in [0.2, 0.25) is 0 Å². The van der Waals surface area contributed by atoms with Gasteiger partial charge in [-0.1, -0.05) is 12.1 Å². The molecule has 4 nitrogen and oxygen atoms in total. The third-order valence-corrected chi connectivity index (χ3v) is 5.81. The third-order valence-electron chi connectivity index (χ3n) is 3.78. The number of hydrogen-bond donors (Lipinski definition) is 0. The highest BCUT2D eigenvalue weighted by Gasteiger charge is 2.18. The third kappa shape index (κ3) is 3.94. The van der Waals surface area contributed by atoms with Crippen LogP contribution in [0, 0.1) is 13.8 Å². The van der Waals surface area contributed by atoms with Crippen LogP contribution in [-0.4, -0.2) is 31.6 Å². The molecule has 6 heteroatoms. The smallest absolute Gasteiger partial charge is 0.175 e. The lowest BCUT2D eigenvalue weighted by atomic mass is 10.1. The molecule has 1 aromatic heterocycles. The van der Waals surface area contributed by atoms with Gasteiger partial charge in [-0.2, -0.15) is 0 Å². The molecule has 0 aliphatic heterocycles. The molecule has 0 N–H and O–H groups in total. The molecule has 0 spiro atoms. The highest BCUT2D eigenvalue weighted by Crippen LogP contribution is 2.27. The molecule has 0 amide bonds. The van der Waals surface area contributed by atoms with E-state index in [1.807, 2.05) is 19.1 Å². The van der Waals surface area contributed by atoms with Crippen LogP contribution in [0.1, 0.15) is 34.1 Å². The van der Waals surface area contributed by atoms with Gasteiger partial charge in [0.2, 0.25) is 0 Å². The van der Waals surface area contributed by atoms with E-state index in [-0.39, 0.29) is 6.04 Å². The van der Waals surface area contributed by atoms with E-state index < -0.39 is 9.84 Å². The van der Waals surface area contributed by atoms with Gasteiger partial charge in [0.05, 0.1) is 21.6 Å². The van der Waals surface area contributed by atoms with Crippen molar-refractivity contribution in [3.63, 3.8) is 0 Å². The van der Waals surface area contributed by atoms with Gasteiger partial charge in [0.25, 0.3) is 0 Å². The molecule has 0 saturated heterocycles. The Bertz CT molecular complexity index is 749. The summed E-state index contributed by atoms with van der Waals surface area (Å²) in [5.41, 5.74) is 2.21. The minimum Gasteiger partial charge on any atom is -0.294 e. The fraction of sp³-hybridized carbons (Fsp3) is 0.438. The Balaban J connectivity index is 2.11. The van der Waals surface area contributed by atoms with Gasteiger partial charge in [-0.05, 0) is 45.5 Å². The molecule has 0 fully saturated rings. The molecule has 0 bridgehead atoms. The zero-order valence-electron chi connectivity index (χ0n) is 13.6. The number of hydrogen-bond acceptors (Lipinski definition) is 5. The van der Waals surface area contributed by atoms with E-state index in [1.54, 1.807) is 23.5 Å². The molecule has 1 atom stereocenters. The van der Waals surface area contributed by atoms with Gasteiger partial charge >= 0.3 is 0 Å². The first-order chi connectivity index (χ1) is 10.2. The van der Waals surface area contributed by atoms with Crippen LogP contribution in [-0.2, 0) is 16.4 Å². The molecule has 22 heavy (non-hydrogen) atoms. The zero-order valence-corrected chi connectivity index (χ0v) is 15.3. The van der Waals surface area contributed by atoms with Crippen molar-refractivity contribution < 1.29 is 8.42 Å². The van der Waals surface area contributed by atoms with Gasteiger partial charge in [0.1, 0.15) is 0 Å². The summed E-state index contributed by atoms with van der Waals surface area (Å²) >= 11 is 1.72. The average molecular weight is 338 g/mol. The van der Waals surface area contributed by atoms with Crippen molar-refractivity contribution in [3.8, 4) is 0 Å². The van der Waals surface area contributed by atoms with Crippen molar-refractivity contribution >= 4 is 21.2 Å². The standard InChI is InChI=1S/C16H22N2O2S2/c1-11(16-12(2)21-13(3)17-16)18(4)10-14-6-8-15(9-7-14)22(5,19)20/h6-9,11H,10H2,1-5H3/t11-/m0/s1. The largest absolute Gasteiger partial charge is 0.294 e. The number of benzene rings is 1. The molecule has 0 saturated carbocycles. The monoisotopic (exact) mass is 338 g/mol. The van der Waals surface area contributed by atoms with Gasteiger partial charge < -0.3 is 0 Å². The summed E-state index contributed by atoms with van der Waals surface area (Å²) in [6.07, 6.45) is 1.23. The molecular formula is C16H22N2O2S2. The number of aromatic nitrogens is 1. The lowest BCUT2D eigenvalue weighted by Gasteiger charge is -2.24. The lowest BCUT2D eigenvalue weighted by Crippen LogP contribution is -2.22. The van der Waals surface area contributed by atoms with Crippen molar-refractivity contribution in [2.75, 3.05) is 13.3 Å². The second-order valence-electron chi connectivity index (χ2n) is 5.68. The maximum atomic E-state index is 11.5. The van der Waals surface area contributed by atoms with Crippen LogP contribution < -0.4 is 0 Å². The topological polar surface area (TPSA) is 50.3 Å². The molecule has 0 aliphatic carbocycles. The Labute approximate surface area is 136 Å². The number of rotatable bonds is 5. The summed E-state index contributed by atoms with van der Waals surface area (Å²) in [4.78, 5) is 8.45. The van der Waals surface area contributed by atoms with Crippen LogP contribution in [0.25, 0.3) is 0 Å². The first-order valence-corrected chi connectivity index (χ1v) is 9.82. The van der Waals surface area contributed by atoms with Crippen LogP contribution in [0.4, 0.5) is 0 Å². The molecule has 0 radical (unpaired) electrons. The number of thiazole rings is 1. The summed E-state index contributed by atoms with van der Waals surface area (Å²) in [6.45, 7) is 7.02. The maximum absolute atomic E-state index is 11.5. The Hall–Kier alpha value is -1.24. The Morgan fingerprint density at radius 1 is 1.23 bits per heavy atom. The van der Waals surface area contributed by atoms with Gasteiger partial charge in [0, 0.05) is 17.7 Å². The van der Waals surface area contributed by atoms with E-state index in [0.29, 0.717) is 4.90 Å². The van der Waals surface area contributed by atoms with Gasteiger partial charge in [-0.3, -0.25) is 4.90 Å². The van der Waals surface area contributed by atoms with E-state index in [1.165, 1.54) is 11.1 Å². The molecular weight excluding hydrogens is 316 g/mol. The zero-order chi connectivity index (χ0) is 16.5. The minimum absolute atomic E-state index is 0.222. The Kier molecular flexibility index (Phi) is 5.04. The Morgan fingerprint density at radius 2 is 1.82 bits per heavy atom. The van der Waals surface area contributed by atoms with E-state index in [0.717, 1.165) is 22.8 Å². The van der Waals surface area contributed by atoms with Crippen LogP contribution in [0.5, 0.6) is 0 Å². The van der Waals surface area contributed by atoms with Crippen molar-refractivity contribution in [1.82, 2.24) is 9.88 Å². The molecule has 0 aliphatic rings. The van der Waals surface area contributed by atoms with E-state index in [9.17, 15) is 8.42 Å². The summed E-state index contributed by atoms with van der Waals surface area (Å²) in [5, 5.41) is 1.09. The summed E-state index contributed by atoms with van der Waals surface area (Å²) in [7, 11) is -1.07. The van der Waals surface area contributed by atoms with Crippen molar-refractivity contribution in [3.05, 3.63) is 45.4 Å². The van der Waals surface area contributed by atoms with Gasteiger partial charge in [-0.15, -0.1) is 11.3 Å². The van der Waals surface area contributed by atoms with Gasteiger partial charge in [-0.25, -0.2) is 13.4 Å². The predicted molar refractivity (Wildman–Crippen MR) is 91.0 cm³/mol. The quantitative estimate of drug-likeness (QED) is 0.839. The number of aryl methyl sites for hydroxylation is 2.